The quantitative estimate of drug-likeness (QED) is 0.124. The molecule has 0 saturated heterocycles. The summed E-state index contributed by atoms with van der Waals surface area (Å²) in [6.45, 7) is 3.89. The maximum absolute atomic E-state index is 12.0. The largest absolute Gasteiger partial charge is 0.489 e. The molecule has 1 amide bonds. The van der Waals surface area contributed by atoms with Crippen molar-refractivity contribution in [1.82, 2.24) is 20.0 Å². The van der Waals surface area contributed by atoms with Gasteiger partial charge in [-0.15, -0.1) is 6.42 Å². The zero-order valence-electron chi connectivity index (χ0n) is 22.5. The molecule has 0 spiro atoms. The highest BCUT2D eigenvalue weighted by molar-refractivity contribution is 7.97. The minimum atomic E-state index is -0.159. The number of benzene rings is 3. The smallest absolute Gasteiger partial charge is 0.251 e. The van der Waals surface area contributed by atoms with Crippen LogP contribution in [0, 0.1) is 12.3 Å². The van der Waals surface area contributed by atoms with Crippen LogP contribution >= 0.6 is 23.5 Å². The number of anilines is 4. The van der Waals surface area contributed by atoms with Gasteiger partial charge in [-0.25, -0.2) is 4.98 Å². The molecular formula is C30H29ClN6O2S. The summed E-state index contributed by atoms with van der Waals surface area (Å²) >= 11 is 7.92. The number of aromatic nitrogens is 2. The Morgan fingerprint density at radius 3 is 2.48 bits per heavy atom. The predicted molar refractivity (Wildman–Crippen MR) is 164 cm³/mol. The maximum atomic E-state index is 12.0. The highest BCUT2D eigenvalue weighted by atomic mass is 35.5. The fourth-order valence-electron chi connectivity index (χ4n) is 3.86. The van der Waals surface area contributed by atoms with Crippen LogP contribution in [0.3, 0.4) is 0 Å². The molecule has 1 aromatic heterocycles. The van der Waals surface area contributed by atoms with E-state index in [2.05, 4.69) is 36.6 Å². The first kappa shape index (κ1) is 28.8. The lowest BCUT2D eigenvalue weighted by molar-refractivity contribution is 0.0963. The predicted octanol–water partition coefficient (Wildman–Crippen LogP) is 6.64. The average Bonchev–Trinajstić information content (AvgIpc) is 2.96. The molecule has 0 unspecified atom stereocenters. The monoisotopic (exact) mass is 572 g/mol. The highest BCUT2D eigenvalue weighted by Gasteiger charge is 2.16. The van der Waals surface area contributed by atoms with Crippen LogP contribution in [0.4, 0.5) is 23.1 Å². The fraction of sp³-hybridized carbons (Fsp3) is 0.167. The van der Waals surface area contributed by atoms with E-state index in [1.165, 1.54) is 18.1 Å². The molecule has 0 aliphatic heterocycles. The summed E-state index contributed by atoms with van der Waals surface area (Å²) in [6.07, 6.45) is 7.34. The van der Waals surface area contributed by atoms with Crippen molar-refractivity contribution in [2.24, 2.45) is 0 Å². The van der Waals surface area contributed by atoms with Gasteiger partial charge in [0, 0.05) is 28.6 Å². The van der Waals surface area contributed by atoms with Crippen LogP contribution in [-0.2, 0) is 0 Å². The van der Waals surface area contributed by atoms with Crippen molar-refractivity contribution in [3.63, 3.8) is 0 Å². The normalized spacial score (nSPS) is 10.6. The van der Waals surface area contributed by atoms with Gasteiger partial charge >= 0.3 is 0 Å². The van der Waals surface area contributed by atoms with Crippen LogP contribution < -0.4 is 25.4 Å². The molecule has 4 N–H and O–H groups in total. The second kappa shape index (κ2) is 13.2. The zero-order valence-corrected chi connectivity index (χ0v) is 24.1. The first-order valence-corrected chi connectivity index (χ1v) is 13.7. The number of para-hydroxylation sites is 1. The summed E-state index contributed by atoms with van der Waals surface area (Å²) in [6, 6.07) is 18.8. The number of halogens is 1. The Morgan fingerprint density at radius 2 is 1.80 bits per heavy atom. The summed E-state index contributed by atoms with van der Waals surface area (Å²) in [5.41, 5.74) is 4.29. The molecule has 0 aliphatic carbocycles. The minimum absolute atomic E-state index is 0.106. The first-order chi connectivity index (χ1) is 19.3. The molecule has 4 rings (SSSR count). The SMILES string of the molecule is C#Cc1cc(Nc2ncc(Cl)c(Nc3ccccc3SNC)n2)c(OC(C)C)cc1-c1ccc(C(=O)NC)cc1. The molecule has 8 nitrogen and oxygen atoms in total. The van der Waals surface area contributed by atoms with E-state index in [4.69, 9.17) is 22.8 Å². The van der Waals surface area contributed by atoms with Crippen molar-refractivity contribution >= 4 is 52.6 Å². The van der Waals surface area contributed by atoms with Crippen molar-refractivity contribution in [1.29, 1.82) is 0 Å². The summed E-state index contributed by atoms with van der Waals surface area (Å²) in [7, 11) is 3.45. The first-order valence-electron chi connectivity index (χ1n) is 12.5. The Balaban J connectivity index is 1.69. The van der Waals surface area contributed by atoms with Gasteiger partial charge in [-0.2, -0.15) is 4.98 Å². The maximum Gasteiger partial charge on any atom is 0.251 e. The van der Waals surface area contributed by atoms with Crippen LogP contribution in [0.25, 0.3) is 11.1 Å². The third kappa shape index (κ3) is 6.85. The molecule has 0 saturated carbocycles. The van der Waals surface area contributed by atoms with E-state index in [-0.39, 0.29) is 12.0 Å². The van der Waals surface area contributed by atoms with Gasteiger partial charge in [0.05, 0.1) is 23.7 Å². The van der Waals surface area contributed by atoms with Crippen LogP contribution in [-0.4, -0.2) is 36.1 Å². The van der Waals surface area contributed by atoms with Crippen molar-refractivity contribution in [3.05, 3.63) is 83.0 Å². The molecule has 0 bridgehead atoms. The third-order valence-corrected chi connectivity index (χ3v) is 6.72. The van der Waals surface area contributed by atoms with Crippen molar-refractivity contribution in [2.45, 2.75) is 24.8 Å². The highest BCUT2D eigenvalue weighted by Crippen LogP contribution is 2.37. The number of rotatable bonds is 10. The van der Waals surface area contributed by atoms with Crippen molar-refractivity contribution < 1.29 is 9.53 Å². The molecule has 0 atom stereocenters. The van der Waals surface area contributed by atoms with Gasteiger partial charge < -0.3 is 20.7 Å². The Labute approximate surface area is 243 Å². The van der Waals surface area contributed by atoms with Gasteiger partial charge in [0.15, 0.2) is 5.82 Å². The van der Waals surface area contributed by atoms with E-state index in [1.807, 2.05) is 69.4 Å². The molecule has 10 heteroatoms. The fourth-order valence-corrected chi connectivity index (χ4v) is 4.60. The number of carbonyl (C=O) groups excluding carboxylic acids is 1. The van der Waals surface area contributed by atoms with Crippen molar-refractivity contribution in [2.75, 3.05) is 24.7 Å². The molecule has 0 radical (unpaired) electrons. The second-order valence-electron chi connectivity index (χ2n) is 8.80. The summed E-state index contributed by atoms with van der Waals surface area (Å²) in [4.78, 5) is 21.9. The topological polar surface area (TPSA) is 100 Å². The summed E-state index contributed by atoms with van der Waals surface area (Å²) in [5.74, 6) is 3.93. The zero-order chi connectivity index (χ0) is 28.6. The number of carbonyl (C=O) groups is 1. The molecule has 0 aliphatic rings. The Hall–Kier alpha value is -4.23. The molecule has 0 fully saturated rings. The van der Waals surface area contributed by atoms with Gasteiger partial charge in [0.2, 0.25) is 5.95 Å². The lowest BCUT2D eigenvalue weighted by atomic mass is 9.97. The molecule has 3 aromatic carbocycles. The number of hydrogen-bond acceptors (Lipinski definition) is 8. The average molecular weight is 573 g/mol. The number of nitrogens with zero attached hydrogens (tertiary/aromatic N) is 2. The number of ether oxygens (including phenoxy) is 1. The Kier molecular flexibility index (Phi) is 9.51. The van der Waals surface area contributed by atoms with Gasteiger partial charge in [-0.1, -0.05) is 41.8 Å². The van der Waals surface area contributed by atoms with E-state index in [9.17, 15) is 4.79 Å². The lowest BCUT2D eigenvalue weighted by Gasteiger charge is -2.18. The third-order valence-electron chi connectivity index (χ3n) is 5.67. The van der Waals surface area contributed by atoms with Crippen LogP contribution in [0.2, 0.25) is 5.02 Å². The van der Waals surface area contributed by atoms with E-state index >= 15 is 0 Å². The van der Waals surface area contributed by atoms with Crippen LogP contribution in [0.1, 0.15) is 29.8 Å². The van der Waals surface area contributed by atoms with E-state index in [0.717, 1.165) is 21.7 Å². The molecule has 204 valence electrons. The van der Waals surface area contributed by atoms with Crippen LogP contribution in [0.5, 0.6) is 5.75 Å². The number of amides is 1. The lowest BCUT2D eigenvalue weighted by Crippen LogP contribution is -2.17. The van der Waals surface area contributed by atoms with Gasteiger partial charge in [-0.3, -0.25) is 9.52 Å². The van der Waals surface area contributed by atoms with Crippen LogP contribution in [0.15, 0.2) is 71.8 Å². The summed E-state index contributed by atoms with van der Waals surface area (Å²) < 4.78 is 9.23. The summed E-state index contributed by atoms with van der Waals surface area (Å²) in [5, 5.41) is 9.53. The van der Waals surface area contributed by atoms with Gasteiger partial charge in [0.25, 0.3) is 5.91 Å². The van der Waals surface area contributed by atoms with Crippen molar-refractivity contribution in [3.8, 4) is 29.2 Å². The Bertz CT molecular complexity index is 1550. The number of terminal acetylenes is 1. The standard InChI is InChI=1S/C30H29ClN6O2S/c1-6-19-15-25(26(39-18(2)3)16-22(19)20-11-13-21(14-12-20)29(38)32-4)36-30-34-17-23(31)28(37-30)35-24-9-7-8-10-27(24)40-33-5/h1,7-18,33H,2-5H3,(H,32,38)(H2,34,35,36,37). The molecular weight excluding hydrogens is 544 g/mol. The van der Waals surface area contributed by atoms with E-state index in [1.54, 1.807) is 19.2 Å². The minimum Gasteiger partial charge on any atom is -0.489 e. The van der Waals surface area contributed by atoms with E-state index < -0.39 is 0 Å². The Morgan fingerprint density at radius 1 is 1.05 bits per heavy atom. The van der Waals surface area contributed by atoms with Gasteiger partial charge in [-0.05, 0) is 74.8 Å². The van der Waals surface area contributed by atoms with Gasteiger partial charge in [0.1, 0.15) is 10.8 Å². The molecule has 1 heterocycles. The number of nitrogens with one attached hydrogen (secondary N) is 4. The second-order valence-corrected chi connectivity index (χ2v) is 10.3. The molecule has 4 aromatic rings. The van der Waals surface area contributed by atoms with E-state index in [0.29, 0.717) is 39.4 Å². The number of hydrogen-bond donors (Lipinski definition) is 4. The molecule has 40 heavy (non-hydrogen) atoms.